The first-order valence-electron chi connectivity index (χ1n) is 4.91. The number of aliphatic carboxylic acids is 1. The molecule has 0 saturated carbocycles. The van der Waals surface area contributed by atoms with Gasteiger partial charge in [0.05, 0.1) is 13.0 Å². The molecule has 0 spiro atoms. The quantitative estimate of drug-likeness (QED) is 0.825. The van der Waals surface area contributed by atoms with E-state index in [1.807, 2.05) is 25.1 Å². The molecule has 0 aliphatic rings. The van der Waals surface area contributed by atoms with Gasteiger partial charge >= 0.3 is 5.97 Å². The smallest absolute Gasteiger partial charge is 0.306 e. The highest BCUT2D eigenvalue weighted by Crippen LogP contribution is 2.23. The van der Waals surface area contributed by atoms with Crippen LogP contribution in [-0.4, -0.2) is 18.2 Å². The molecule has 0 heterocycles. The third-order valence-electron chi connectivity index (χ3n) is 2.56. The Morgan fingerprint density at radius 2 is 2.20 bits per heavy atom. The van der Waals surface area contributed by atoms with Crippen LogP contribution in [0.4, 0.5) is 0 Å². The number of ether oxygens (including phenoxy) is 1. The first-order chi connectivity index (χ1) is 7.06. The molecule has 0 aromatic heterocycles. The number of rotatable bonds is 4. The van der Waals surface area contributed by atoms with Crippen LogP contribution in [0.5, 0.6) is 5.75 Å². The molecule has 0 amide bonds. The minimum absolute atomic E-state index is 0.365. The molecule has 1 aromatic rings. The average molecular weight is 208 g/mol. The van der Waals surface area contributed by atoms with Gasteiger partial charge < -0.3 is 9.84 Å². The molecule has 15 heavy (non-hydrogen) atoms. The molecule has 0 radical (unpaired) electrons. The molecule has 0 saturated heterocycles. The summed E-state index contributed by atoms with van der Waals surface area (Å²) in [6.07, 6.45) is 0.540. The van der Waals surface area contributed by atoms with E-state index in [1.165, 1.54) is 0 Å². The lowest BCUT2D eigenvalue weighted by atomic mass is 9.97. The Bertz CT molecular complexity index is 358. The monoisotopic (exact) mass is 208 g/mol. The maximum absolute atomic E-state index is 10.7. The van der Waals surface area contributed by atoms with Gasteiger partial charge in [0.1, 0.15) is 5.75 Å². The summed E-state index contributed by atoms with van der Waals surface area (Å²) in [5.41, 5.74) is 2.05. The van der Waals surface area contributed by atoms with Crippen molar-refractivity contribution in [3.8, 4) is 5.75 Å². The van der Waals surface area contributed by atoms with E-state index in [4.69, 9.17) is 9.84 Å². The molecule has 1 unspecified atom stereocenters. The summed E-state index contributed by atoms with van der Waals surface area (Å²) in [7, 11) is 1.62. The van der Waals surface area contributed by atoms with Crippen LogP contribution in [0, 0.1) is 12.8 Å². The zero-order valence-corrected chi connectivity index (χ0v) is 9.28. The summed E-state index contributed by atoms with van der Waals surface area (Å²) in [5, 5.41) is 8.83. The molecule has 0 aliphatic carbocycles. The standard InChI is InChI=1S/C12H16O3/c1-8(12(13)14)7-10-5-4-6-11(15-3)9(10)2/h4-6,8H,7H2,1-3H3,(H,13,14). The van der Waals surface area contributed by atoms with Crippen LogP contribution in [0.2, 0.25) is 0 Å². The molecule has 1 N–H and O–H groups in total. The highest BCUT2D eigenvalue weighted by atomic mass is 16.5. The first-order valence-corrected chi connectivity index (χ1v) is 4.91. The lowest BCUT2D eigenvalue weighted by Gasteiger charge is -2.12. The predicted molar refractivity (Wildman–Crippen MR) is 58.2 cm³/mol. The largest absolute Gasteiger partial charge is 0.496 e. The van der Waals surface area contributed by atoms with Crippen molar-refractivity contribution >= 4 is 5.97 Å². The molecular formula is C12H16O3. The third kappa shape index (κ3) is 2.72. The minimum atomic E-state index is -0.766. The van der Waals surface area contributed by atoms with Gasteiger partial charge in [-0.05, 0) is 30.5 Å². The summed E-state index contributed by atoms with van der Waals surface area (Å²) in [4.78, 5) is 10.7. The lowest BCUT2D eigenvalue weighted by Crippen LogP contribution is -2.13. The molecule has 3 nitrogen and oxygen atoms in total. The van der Waals surface area contributed by atoms with Gasteiger partial charge in [-0.2, -0.15) is 0 Å². The van der Waals surface area contributed by atoms with Crippen LogP contribution in [0.15, 0.2) is 18.2 Å². The van der Waals surface area contributed by atoms with E-state index in [0.29, 0.717) is 6.42 Å². The fourth-order valence-corrected chi connectivity index (χ4v) is 1.52. The van der Waals surface area contributed by atoms with Crippen molar-refractivity contribution in [1.82, 2.24) is 0 Å². The summed E-state index contributed by atoms with van der Waals surface area (Å²) in [6.45, 7) is 3.66. The van der Waals surface area contributed by atoms with Crippen LogP contribution >= 0.6 is 0 Å². The maximum atomic E-state index is 10.7. The lowest BCUT2D eigenvalue weighted by molar-refractivity contribution is -0.141. The van der Waals surface area contributed by atoms with Gasteiger partial charge in [0.2, 0.25) is 0 Å². The number of benzene rings is 1. The van der Waals surface area contributed by atoms with Gasteiger partial charge in [0, 0.05) is 0 Å². The number of hydrogen-bond acceptors (Lipinski definition) is 2. The Kier molecular flexibility index (Phi) is 3.72. The zero-order valence-electron chi connectivity index (χ0n) is 9.28. The van der Waals surface area contributed by atoms with Gasteiger partial charge in [0.25, 0.3) is 0 Å². The second-order valence-corrected chi connectivity index (χ2v) is 3.69. The average Bonchev–Trinajstić information content (AvgIpc) is 2.21. The van der Waals surface area contributed by atoms with Crippen LogP contribution in [0.25, 0.3) is 0 Å². The highest BCUT2D eigenvalue weighted by molar-refractivity contribution is 5.70. The Labute approximate surface area is 89.7 Å². The second-order valence-electron chi connectivity index (χ2n) is 3.69. The fourth-order valence-electron chi connectivity index (χ4n) is 1.52. The van der Waals surface area contributed by atoms with E-state index in [1.54, 1.807) is 14.0 Å². The summed E-state index contributed by atoms with van der Waals surface area (Å²) >= 11 is 0. The fraction of sp³-hybridized carbons (Fsp3) is 0.417. The van der Waals surface area contributed by atoms with E-state index in [0.717, 1.165) is 16.9 Å². The van der Waals surface area contributed by atoms with E-state index in [9.17, 15) is 4.79 Å². The van der Waals surface area contributed by atoms with Crippen molar-refractivity contribution < 1.29 is 14.6 Å². The van der Waals surface area contributed by atoms with Gasteiger partial charge in [-0.1, -0.05) is 19.1 Å². The minimum Gasteiger partial charge on any atom is -0.496 e. The molecule has 0 bridgehead atoms. The number of carbonyl (C=O) groups is 1. The van der Waals surface area contributed by atoms with E-state index in [-0.39, 0.29) is 5.92 Å². The third-order valence-corrected chi connectivity index (χ3v) is 2.56. The van der Waals surface area contributed by atoms with Crippen LogP contribution < -0.4 is 4.74 Å². The van der Waals surface area contributed by atoms with Crippen molar-refractivity contribution in [3.05, 3.63) is 29.3 Å². The molecule has 1 aromatic carbocycles. The second kappa shape index (κ2) is 4.82. The SMILES string of the molecule is COc1cccc(CC(C)C(=O)O)c1C. The molecule has 0 fully saturated rings. The van der Waals surface area contributed by atoms with Crippen LogP contribution in [0.1, 0.15) is 18.1 Å². The predicted octanol–water partition coefficient (Wildman–Crippen LogP) is 2.27. The Balaban J connectivity index is 2.90. The number of methoxy groups -OCH3 is 1. The Morgan fingerprint density at radius 1 is 1.53 bits per heavy atom. The van der Waals surface area contributed by atoms with Crippen LogP contribution in [0.3, 0.4) is 0 Å². The molecule has 3 heteroatoms. The van der Waals surface area contributed by atoms with Crippen molar-refractivity contribution in [3.63, 3.8) is 0 Å². The summed E-state index contributed by atoms with van der Waals surface area (Å²) < 4.78 is 5.18. The molecule has 0 aliphatic heterocycles. The topological polar surface area (TPSA) is 46.5 Å². The number of hydrogen-bond donors (Lipinski definition) is 1. The number of carboxylic acids is 1. The molecule has 82 valence electrons. The van der Waals surface area contributed by atoms with Gasteiger partial charge in [-0.15, -0.1) is 0 Å². The molecule has 1 rings (SSSR count). The van der Waals surface area contributed by atoms with E-state index in [2.05, 4.69) is 0 Å². The van der Waals surface area contributed by atoms with Gasteiger partial charge in [-0.3, -0.25) is 4.79 Å². The van der Waals surface area contributed by atoms with Gasteiger partial charge in [-0.25, -0.2) is 0 Å². The molecule has 1 atom stereocenters. The van der Waals surface area contributed by atoms with Crippen LogP contribution in [-0.2, 0) is 11.2 Å². The first kappa shape index (κ1) is 11.6. The van der Waals surface area contributed by atoms with Crippen molar-refractivity contribution in [2.75, 3.05) is 7.11 Å². The Hall–Kier alpha value is -1.51. The zero-order chi connectivity index (χ0) is 11.4. The maximum Gasteiger partial charge on any atom is 0.306 e. The number of carboxylic acid groups (broad SMARTS) is 1. The Morgan fingerprint density at radius 3 is 2.73 bits per heavy atom. The summed E-state index contributed by atoms with van der Waals surface area (Å²) in [6, 6.07) is 5.71. The highest BCUT2D eigenvalue weighted by Gasteiger charge is 2.14. The summed E-state index contributed by atoms with van der Waals surface area (Å²) in [5.74, 6) is -0.321. The van der Waals surface area contributed by atoms with Crippen molar-refractivity contribution in [1.29, 1.82) is 0 Å². The van der Waals surface area contributed by atoms with Gasteiger partial charge in [0.15, 0.2) is 0 Å². The van der Waals surface area contributed by atoms with Crippen molar-refractivity contribution in [2.24, 2.45) is 5.92 Å². The van der Waals surface area contributed by atoms with E-state index < -0.39 is 5.97 Å². The van der Waals surface area contributed by atoms with Crippen molar-refractivity contribution in [2.45, 2.75) is 20.3 Å². The molecular weight excluding hydrogens is 192 g/mol. The van der Waals surface area contributed by atoms with E-state index >= 15 is 0 Å². The normalized spacial score (nSPS) is 12.2.